The number of nitrogens with one attached hydrogen (secondary N) is 5. The monoisotopic (exact) mass is 2020 g/mol. The van der Waals surface area contributed by atoms with Gasteiger partial charge in [-0.05, 0) is 264 Å². The molecule has 742 valence electrons. The summed E-state index contributed by atoms with van der Waals surface area (Å²) in [5.41, 5.74) is 0.982. The highest BCUT2D eigenvalue weighted by Gasteiger charge is 2.44. The Hall–Kier alpha value is -14.0. The number of hydrogen-bond donors (Lipinski definition) is 5. The van der Waals surface area contributed by atoms with Gasteiger partial charge in [-0.2, -0.15) is 40.2 Å². The number of aromatic amines is 1. The van der Waals surface area contributed by atoms with Gasteiger partial charge in [0.1, 0.15) is 53.0 Å². The van der Waals surface area contributed by atoms with Crippen LogP contribution in [0.4, 0.5) is 36.4 Å². The van der Waals surface area contributed by atoms with Crippen molar-refractivity contribution in [2.24, 2.45) is 23.7 Å². The van der Waals surface area contributed by atoms with E-state index in [1.165, 1.54) is 85.1 Å². The third-order valence-corrected chi connectivity index (χ3v) is 28.8. The molecule has 41 heteroatoms. The number of amides is 4. The number of aryl methyl sites for hydroxylation is 1. The summed E-state index contributed by atoms with van der Waals surface area (Å²) in [7, 11) is -17.3. The molecule has 4 fully saturated rings. The van der Waals surface area contributed by atoms with E-state index in [9.17, 15) is 70.8 Å². The number of pyridine rings is 8. The molecule has 5 N–H and O–H groups in total. The first kappa shape index (κ1) is 104. The van der Waals surface area contributed by atoms with Crippen LogP contribution in [0.3, 0.4) is 0 Å². The Morgan fingerprint density at radius 1 is 0.433 bits per heavy atom. The van der Waals surface area contributed by atoms with Crippen LogP contribution < -0.4 is 63.0 Å². The number of carbonyl (C=O) groups excluding carboxylic acids is 4. The van der Waals surface area contributed by atoms with E-state index in [1.807, 2.05) is 47.4 Å². The van der Waals surface area contributed by atoms with Crippen LogP contribution in [-0.2, 0) is 46.7 Å². The average molecular weight is 2030 g/mol. The summed E-state index contributed by atoms with van der Waals surface area (Å²) in [5, 5.41) is -0.636. The molecule has 0 spiro atoms. The van der Waals surface area contributed by atoms with Crippen molar-refractivity contribution in [3.63, 3.8) is 0 Å². The predicted octanol–water partition coefficient (Wildman–Crippen LogP) is 16.8. The minimum Gasteiger partial charge on any atom is -0.491 e. The van der Waals surface area contributed by atoms with Gasteiger partial charge in [-0.1, -0.05) is 81.3 Å². The van der Waals surface area contributed by atoms with Crippen LogP contribution >= 0.6 is 11.6 Å². The fourth-order valence-electron chi connectivity index (χ4n) is 17.7. The number of H-pyrrole nitrogens is 1. The summed E-state index contributed by atoms with van der Waals surface area (Å²) in [6.45, 7) is 31.5. The van der Waals surface area contributed by atoms with Crippen LogP contribution in [0.25, 0.3) is 11.3 Å². The number of nitrogens with zero attached hydrogens (tertiary/aromatic N) is 11. The minimum absolute atomic E-state index is 0.0361. The van der Waals surface area contributed by atoms with E-state index >= 15 is 0 Å². The molecule has 4 amide bonds. The van der Waals surface area contributed by atoms with Gasteiger partial charge < -0.3 is 43.5 Å². The fraction of sp³-hybridized carbons (Fsp3) is 0.320. The first-order valence-corrected chi connectivity index (χ1v) is 51.3. The van der Waals surface area contributed by atoms with Gasteiger partial charge in [-0.3, -0.25) is 24.0 Å². The third kappa shape index (κ3) is 25.8. The first-order valence-electron chi connectivity index (χ1n) is 45.0. The Kier molecular flexibility index (Phi) is 31.8. The number of hydrogen-bond acceptors (Lipinski definition) is 28. The Bertz CT molecular complexity index is 7220. The summed E-state index contributed by atoms with van der Waals surface area (Å²) >= 11 is 5.96. The van der Waals surface area contributed by atoms with Crippen molar-refractivity contribution in [3.05, 3.63) is 291 Å². The van der Waals surface area contributed by atoms with E-state index in [0.717, 1.165) is 68.6 Å². The zero-order valence-electron chi connectivity index (χ0n) is 79.7. The largest absolute Gasteiger partial charge is 0.491 e. The van der Waals surface area contributed by atoms with E-state index in [4.69, 9.17) is 35.5 Å². The number of rotatable bonds is 26. The second kappa shape index (κ2) is 43.0. The number of ether oxygens (including phenoxy) is 4. The Labute approximate surface area is 821 Å². The standard InChI is InChI=1S/C26H29FN4O5S.C25H26F2N4O4S.C25H28N4O4S.C24H25ClN4O4S/c1-5-36-21-13-17(8-10-19(21)27)20-11-9-18(23(29-20)31-15-16(2)14-26(31,3)4)24(32)30-37(34,35)22-7-6-12-28-25(22)33;1-16-13-25(2,3)31(14-16)23-20(6-5-9-28-23)24(32)30-36(33,34)22-8-4-7-21(29-22)35-15-17-10-18(26)12-19(27)11-17;1-17-10-12-19(13-11-17)33-21-8-5-9-22(27-21)34(31,32)28-24(30)20-7-6-14-26-23(20)29-16-18(2)15-25(29,3)4;1-16-14-24(2,3)29(15-16)22-19(9-6-12-26-22)23(30)28-34(31,32)21-11-5-10-20(27-21)33-18-8-4-7-17(25)13-18/h6-13,16H,5,14-15H2,1-4H3,(H,28,33)(H,30,32);4-12,16H,13-15H2,1-3H3,(H,30,32);5-14,18H,15-16H2,1-4H3,(H,28,30);4-13,16H,14-15H2,1-3H3,(H,28,30)/t16-;;;/m0.../s1. The van der Waals surface area contributed by atoms with Crippen molar-refractivity contribution in [1.82, 2.24) is 58.8 Å². The smallest absolute Gasteiger partial charge is 0.281 e. The second-order valence-corrected chi connectivity index (χ2v) is 44.3. The van der Waals surface area contributed by atoms with Crippen LogP contribution in [0.2, 0.25) is 5.02 Å². The SMILES string of the molecule is CC1CN(c2ncccc2C(=O)NS(=O)(=O)c2cccc(OCc3cc(F)cc(F)c3)n2)C(C)(C)C1.CC1CN(c2ncccc2C(=O)NS(=O)(=O)c2cccc(Oc3cccc(Cl)c3)n2)C(C)(C)C1.CCOc1cc(-c2ccc(C(=O)NS(=O)(=O)c3ccc[nH]c3=O)c(N3C[C@@H](C)CC3(C)C)n2)ccc1F.Cc1ccc(Oc2cccc(S(=O)(=O)NC(=O)c3cccnc3N3CC(C)CC3(C)C)n2)cc1. The van der Waals surface area contributed by atoms with Gasteiger partial charge >= 0.3 is 0 Å². The van der Waals surface area contributed by atoms with Crippen LogP contribution in [0.15, 0.2) is 250 Å². The molecule has 3 unspecified atom stereocenters. The van der Waals surface area contributed by atoms with Gasteiger partial charge in [0.05, 0.1) is 34.6 Å². The maximum absolute atomic E-state index is 14.1. The van der Waals surface area contributed by atoms with Crippen molar-refractivity contribution in [2.45, 2.75) is 171 Å². The molecule has 4 aliphatic heterocycles. The van der Waals surface area contributed by atoms with Crippen molar-refractivity contribution in [2.75, 3.05) is 52.4 Å². The van der Waals surface area contributed by atoms with Crippen LogP contribution in [0.1, 0.15) is 168 Å². The zero-order chi connectivity index (χ0) is 102. The highest BCUT2D eigenvalue weighted by Crippen LogP contribution is 2.43. The van der Waals surface area contributed by atoms with E-state index in [2.05, 4.69) is 128 Å². The lowest BCUT2D eigenvalue weighted by atomic mass is 9.97. The highest BCUT2D eigenvalue weighted by molar-refractivity contribution is 7.91. The molecular formula is C100H108ClF3N16O17S4. The number of anilines is 4. The molecule has 33 nitrogen and oxygen atoms in total. The molecule has 12 aromatic rings. The minimum atomic E-state index is -4.44. The quantitative estimate of drug-likeness (QED) is 0.0336. The Morgan fingerprint density at radius 3 is 1.26 bits per heavy atom. The van der Waals surface area contributed by atoms with Gasteiger partial charge in [0.15, 0.2) is 31.5 Å². The topological polar surface area (TPSA) is 426 Å². The molecule has 16 rings (SSSR count). The maximum atomic E-state index is 14.1. The molecule has 4 saturated heterocycles. The number of aromatic nitrogens is 8. The maximum Gasteiger partial charge on any atom is 0.281 e. The normalized spacial score (nSPS) is 17.2. The van der Waals surface area contributed by atoms with Gasteiger partial charge in [-0.25, -0.2) is 60.4 Å². The molecule has 0 radical (unpaired) electrons. The Balaban J connectivity index is 0.000000158. The summed E-state index contributed by atoms with van der Waals surface area (Å²) < 4.78 is 175. The van der Waals surface area contributed by atoms with Crippen molar-refractivity contribution >= 4 is 98.6 Å². The molecular weight excluding hydrogens is 1920 g/mol. The van der Waals surface area contributed by atoms with Gasteiger partial charge in [-0.15, -0.1) is 0 Å². The molecule has 8 aromatic heterocycles. The fourth-order valence-corrected chi connectivity index (χ4v) is 21.7. The van der Waals surface area contributed by atoms with Crippen molar-refractivity contribution < 1.29 is 85.0 Å². The molecule has 12 heterocycles. The molecule has 4 aliphatic rings. The van der Waals surface area contributed by atoms with E-state index in [0.29, 0.717) is 87.8 Å². The van der Waals surface area contributed by atoms with E-state index in [1.54, 1.807) is 110 Å². The molecule has 0 saturated carbocycles. The van der Waals surface area contributed by atoms with Crippen LogP contribution in [0, 0.1) is 48.0 Å². The second-order valence-electron chi connectivity index (χ2n) is 37.3. The highest BCUT2D eigenvalue weighted by atomic mass is 35.5. The number of halogens is 4. The van der Waals surface area contributed by atoms with Crippen LogP contribution in [0.5, 0.6) is 34.9 Å². The lowest BCUT2D eigenvalue weighted by Crippen LogP contribution is -2.41. The first-order chi connectivity index (χ1) is 66.5. The summed E-state index contributed by atoms with van der Waals surface area (Å²) in [5.74, 6) is -1.07. The molecule has 4 atom stereocenters. The molecule has 4 aromatic carbocycles. The Morgan fingerprint density at radius 2 is 0.837 bits per heavy atom. The number of benzene rings is 4. The van der Waals surface area contributed by atoms with Crippen molar-refractivity contribution in [1.29, 1.82) is 0 Å². The molecule has 141 heavy (non-hydrogen) atoms. The lowest BCUT2D eigenvalue weighted by molar-refractivity contribution is 0.0972. The zero-order valence-corrected chi connectivity index (χ0v) is 83.8. The van der Waals surface area contributed by atoms with E-state index in [-0.39, 0.29) is 96.6 Å². The van der Waals surface area contributed by atoms with E-state index < -0.39 is 96.7 Å². The molecule has 0 aliphatic carbocycles. The van der Waals surface area contributed by atoms with Gasteiger partial charge in [0, 0.05) is 108 Å². The molecule has 0 bridgehead atoms. The average Bonchev–Trinajstić information content (AvgIpc) is 1.52. The number of sulfonamides is 4. The lowest BCUT2D eigenvalue weighted by Gasteiger charge is -2.34. The summed E-state index contributed by atoms with van der Waals surface area (Å²) in [4.78, 5) is 104. The predicted molar refractivity (Wildman–Crippen MR) is 526 cm³/mol. The third-order valence-electron chi connectivity index (χ3n) is 23.5. The summed E-state index contributed by atoms with van der Waals surface area (Å²) in [6.07, 6.45) is 9.68. The van der Waals surface area contributed by atoms with Crippen LogP contribution in [-0.4, -0.2) is 152 Å². The summed E-state index contributed by atoms with van der Waals surface area (Å²) in [6, 6.07) is 48.9. The van der Waals surface area contributed by atoms with Gasteiger partial charge in [0.2, 0.25) is 17.6 Å². The number of carbonyl (C=O) groups is 4. The van der Waals surface area contributed by atoms with Gasteiger partial charge in [0.25, 0.3) is 69.3 Å². The van der Waals surface area contributed by atoms with Crippen molar-refractivity contribution in [3.8, 4) is 46.1 Å².